The quantitative estimate of drug-likeness (QED) is 0.891. The number of thiophene rings is 1. The average Bonchev–Trinajstić information content (AvgIpc) is 3.04. The fourth-order valence-electron chi connectivity index (χ4n) is 3.69. The van der Waals surface area contributed by atoms with Crippen molar-refractivity contribution in [2.24, 2.45) is 5.92 Å². The predicted octanol–water partition coefficient (Wildman–Crippen LogP) is 4.32. The number of nitrogens with one attached hydrogen (secondary N) is 1. The van der Waals surface area contributed by atoms with Gasteiger partial charge in [0.1, 0.15) is 0 Å². The van der Waals surface area contributed by atoms with E-state index in [9.17, 15) is 0 Å². The Morgan fingerprint density at radius 1 is 1.48 bits per heavy atom. The van der Waals surface area contributed by atoms with Crippen molar-refractivity contribution in [3.05, 3.63) is 21.4 Å². The van der Waals surface area contributed by atoms with Crippen LogP contribution in [0.1, 0.15) is 47.5 Å². The Kier molecular flexibility index (Phi) is 4.99. The van der Waals surface area contributed by atoms with Gasteiger partial charge in [-0.15, -0.1) is 11.3 Å². The normalized spacial score (nSPS) is 30.9. The van der Waals surface area contributed by atoms with Gasteiger partial charge in [-0.2, -0.15) is 11.8 Å². The number of aryl methyl sites for hydroxylation is 2. The summed E-state index contributed by atoms with van der Waals surface area (Å²) in [4.78, 5) is 2.99. The van der Waals surface area contributed by atoms with Gasteiger partial charge >= 0.3 is 0 Å². The van der Waals surface area contributed by atoms with Crippen molar-refractivity contribution in [3.8, 4) is 0 Å². The zero-order valence-electron chi connectivity index (χ0n) is 13.4. The van der Waals surface area contributed by atoms with E-state index < -0.39 is 0 Å². The van der Waals surface area contributed by atoms with Gasteiger partial charge in [-0.25, -0.2) is 0 Å². The molecule has 2 fully saturated rings. The summed E-state index contributed by atoms with van der Waals surface area (Å²) >= 11 is 4.04. The minimum Gasteiger partial charge on any atom is -0.374 e. The Bertz CT molecular complexity index is 460. The Hall–Kier alpha value is -0.0300. The molecule has 0 aliphatic carbocycles. The minimum atomic E-state index is 0.183. The average molecular weight is 326 g/mol. The highest BCUT2D eigenvalue weighted by molar-refractivity contribution is 7.99. The van der Waals surface area contributed by atoms with Crippen LogP contribution in [-0.2, 0) is 4.74 Å². The Morgan fingerprint density at radius 3 is 2.95 bits per heavy atom. The number of ether oxygens (including phenoxy) is 1. The van der Waals surface area contributed by atoms with E-state index in [0.717, 1.165) is 19.1 Å². The lowest BCUT2D eigenvalue weighted by molar-refractivity contribution is -0.0851. The van der Waals surface area contributed by atoms with Crippen LogP contribution in [0, 0.1) is 19.8 Å². The van der Waals surface area contributed by atoms with Gasteiger partial charge in [0.05, 0.1) is 5.60 Å². The molecule has 0 amide bonds. The maximum atomic E-state index is 6.20. The zero-order chi connectivity index (χ0) is 14.9. The molecule has 1 N–H and O–H groups in total. The summed E-state index contributed by atoms with van der Waals surface area (Å²) in [6.45, 7) is 8.68. The van der Waals surface area contributed by atoms with Gasteiger partial charge in [-0.1, -0.05) is 6.92 Å². The molecule has 3 atom stereocenters. The SMILES string of the molecule is CCNC(c1cc(C)c(C)s1)C1CCOC2(CCSC2)C1. The third-order valence-electron chi connectivity index (χ3n) is 4.99. The molecule has 0 bridgehead atoms. The number of thioether (sulfide) groups is 1. The highest BCUT2D eigenvalue weighted by Gasteiger charge is 2.42. The van der Waals surface area contributed by atoms with Crippen molar-refractivity contribution in [1.82, 2.24) is 5.32 Å². The molecule has 1 spiro atoms. The van der Waals surface area contributed by atoms with Crippen molar-refractivity contribution < 1.29 is 4.74 Å². The van der Waals surface area contributed by atoms with E-state index >= 15 is 0 Å². The summed E-state index contributed by atoms with van der Waals surface area (Å²) in [6.07, 6.45) is 3.67. The molecule has 1 aromatic rings. The molecular formula is C17H27NOS2. The Balaban J connectivity index is 1.79. The third-order valence-corrected chi connectivity index (χ3v) is 7.44. The minimum absolute atomic E-state index is 0.183. The first-order valence-corrected chi connectivity index (χ1v) is 10.1. The molecule has 0 radical (unpaired) electrons. The molecule has 3 heterocycles. The Morgan fingerprint density at radius 2 is 2.33 bits per heavy atom. The number of hydrogen-bond acceptors (Lipinski definition) is 4. The number of rotatable bonds is 4. The van der Waals surface area contributed by atoms with Gasteiger partial charge in [0.15, 0.2) is 0 Å². The largest absolute Gasteiger partial charge is 0.374 e. The molecule has 118 valence electrons. The van der Waals surface area contributed by atoms with Gasteiger partial charge in [-0.05, 0) is 63.0 Å². The highest BCUT2D eigenvalue weighted by atomic mass is 32.2. The fourth-order valence-corrected chi connectivity index (χ4v) is 6.28. The zero-order valence-corrected chi connectivity index (χ0v) is 15.0. The first kappa shape index (κ1) is 15.9. The van der Waals surface area contributed by atoms with Crippen LogP contribution in [0.25, 0.3) is 0 Å². The molecule has 2 aliphatic heterocycles. The van der Waals surface area contributed by atoms with Crippen molar-refractivity contribution in [1.29, 1.82) is 0 Å². The van der Waals surface area contributed by atoms with Crippen LogP contribution in [0.4, 0.5) is 0 Å². The van der Waals surface area contributed by atoms with E-state index in [1.807, 2.05) is 11.3 Å². The lowest BCUT2D eigenvalue weighted by Crippen LogP contribution is -2.43. The van der Waals surface area contributed by atoms with E-state index in [2.05, 4.69) is 43.9 Å². The van der Waals surface area contributed by atoms with Crippen LogP contribution in [0.3, 0.4) is 0 Å². The molecule has 2 nitrogen and oxygen atoms in total. The van der Waals surface area contributed by atoms with Gasteiger partial charge in [-0.3, -0.25) is 0 Å². The van der Waals surface area contributed by atoms with Crippen LogP contribution in [0.2, 0.25) is 0 Å². The van der Waals surface area contributed by atoms with E-state index in [-0.39, 0.29) is 5.60 Å². The van der Waals surface area contributed by atoms with E-state index in [1.165, 1.54) is 46.1 Å². The van der Waals surface area contributed by atoms with Crippen LogP contribution in [0.15, 0.2) is 6.07 Å². The molecular weight excluding hydrogens is 298 g/mol. The summed E-state index contributed by atoms with van der Waals surface area (Å²) in [5.74, 6) is 3.19. The summed E-state index contributed by atoms with van der Waals surface area (Å²) in [5.41, 5.74) is 1.62. The van der Waals surface area contributed by atoms with Gasteiger partial charge in [0.25, 0.3) is 0 Å². The first-order chi connectivity index (χ1) is 10.1. The maximum absolute atomic E-state index is 6.20. The van der Waals surface area contributed by atoms with Crippen molar-refractivity contribution >= 4 is 23.1 Å². The molecule has 4 heteroatoms. The van der Waals surface area contributed by atoms with E-state index in [4.69, 9.17) is 4.74 Å². The van der Waals surface area contributed by atoms with Crippen molar-refractivity contribution in [2.45, 2.75) is 51.7 Å². The second-order valence-corrected chi connectivity index (χ2v) is 8.90. The standard InChI is InChI=1S/C17H27NOS2/c1-4-18-16(15-9-12(2)13(3)21-15)14-5-7-19-17(10-14)6-8-20-11-17/h9,14,16,18H,4-8,10-11H2,1-3H3. The smallest absolute Gasteiger partial charge is 0.0783 e. The van der Waals surface area contributed by atoms with Gasteiger partial charge < -0.3 is 10.1 Å². The molecule has 3 unspecified atom stereocenters. The molecule has 1 aromatic heterocycles. The molecule has 3 rings (SSSR count). The molecule has 0 aromatic carbocycles. The van der Waals surface area contributed by atoms with E-state index in [0.29, 0.717) is 6.04 Å². The predicted molar refractivity (Wildman–Crippen MR) is 93.6 cm³/mol. The third kappa shape index (κ3) is 3.34. The molecule has 2 aliphatic rings. The van der Waals surface area contributed by atoms with Crippen molar-refractivity contribution in [3.63, 3.8) is 0 Å². The monoisotopic (exact) mass is 325 g/mol. The lowest BCUT2D eigenvalue weighted by atomic mass is 9.80. The topological polar surface area (TPSA) is 21.3 Å². The second kappa shape index (κ2) is 6.61. The maximum Gasteiger partial charge on any atom is 0.0783 e. The van der Waals surface area contributed by atoms with Crippen LogP contribution in [-0.4, -0.2) is 30.3 Å². The van der Waals surface area contributed by atoms with Gasteiger partial charge in [0.2, 0.25) is 0 Å². The summed E-state index contributed by atoms with van der Waals surface area (Å²) in [7, 11) is 0. The van der Waals surface area contributed by atoms with E-state index in [1.54, 1.807) is 0 Å². The molecule has 0 saturated carbocycles. The second-order valence-electron chi connectivity index (χ2n) is 6.51. The molecule has 2 saturated heterocycles. The fraction of sp³-hybridized carbons (Fsp3) is 0.765. The summed E-state index contributed by atoms with van der Waals surface area (Å²) in [5, 5.41) is 3.76. The number of hydrogen-bond donors (Lipinski definition) is 1. The first-order valence-electron chi connectivity index (χ1n) is 8.15. The summed E-state index contributed by atoms with van der Waals surface area (Å²) in [6, 6.07) is 2.91. The highest BCUT2D eigenvalue weighted by Crippen LogP contribution is 2.45. The lowest BCUT2D eigenvalue weighted by Gasteiger charge is -2.41. The van der Waals surface area contributed by atoms with Crippen LogP contribution in [0.5, 0.6) is 0 Å². The molecule has 21 heavy (non-hydrogen) atoms. The van der Waals surface area contributed by atoms with Crippen LogP contribution >= 0.6 is 23.1 Å². The summed E-state index contributed by atoms with van der Waals surface area (Å²) < 4.78 is 6.20. The van der Waals surface area contributed by atoms with Crippen molar-refractivity contribution in [2.75, 3.05) is 24.7 Å². The van der Waals surface area contributed by atoms with Gasteiger partial charge in [0, 0.05) is 28.2 Å². The van der Waals surface area contributed by atoms with Crippen LogP contribution < -0.4 is 5.32 Å². The Labute approximate surface area is 137 Å².